The molecule has 0 aliphatic carbocycles. The van der Waals surface area contributed by atoms with Crippen LogP contribution in [0.5, 0.6) is 0 Å². The lowest BCUT2D eigenvalue weighted by Gasteiger charge is -2.35. The molecule has 4 heteroatoms. The Morgan fingerprint density at radius 2 is 1.76 bits per heavy atom. The van der Waals surface area contributed by atoms with Gasteiger partial charge in [0.05, 0.1) is 13.0 Å². The Labute approximate surface area is 127 Å². The van der Waals surface area contributed by atoms with Crippen molar-refractivity contribution >= 4 is 11.8 Å². The molecule has 0 fully saturated rings. The maximum atomic E-state index is 12.1. The first-order chi connectivity index (χ1) is 9.71. The molecular formula is C17H26N2O2. The Morgan fingerprint density at radius 3 is 2.29 bits per heavy atom. The van der Waals surface area contributed by atoms with Gasteiger partial charge >= 0.3 is 0 Å². The summed E-state index contributed by atoms with van der Waals surface area (Å²) < 4.78 is 0. The monoisotopic (exact) mass is 290 g/mol. The number of hydrogen-bond acceptors (Lipinski definition) is 2. The molecule has 0 aliphatic rings. The molecule has 0 radical (unpaired) electrons. The average molecular weight is 290 g/mol. The largest absolute Gasteiger partial charge is 0.347 e. The van der Waals surface area contributed by atoms with E-state index in [1.807, 2.05) is 37.3 Å². The first kappa shape index (κ1) is 17.2. The SMILES string of the molecule is C[C@H](N(C)C(=O)CNC(=O)Cc1ccccc1)C(C)(C)C. The minimum atomic E-state index is -0.133. The Balaban J connectivity index is 2.44. The van der Waals surface area contributed by atoms with Crippen molar-refractivity contribution in [3.05, 3.63) is 35.9 Å². The van der Waals surface area contributed by atoms with E-state index in [-0.39, 0.29) is 29.8 Å². The molecule has 1 aromatic carbocycles. The summed E-state index contributed by atoms with van der Waals surface area (Å²) in [7, 11) is 1.78. The maximum absolute atomic E-state index is 12.1. The number of likely N-dealkylation sites (N-methyl/N-ethyl adjacent to an activating group) is 1. The van der Waals surface area contributed by atoms with E-state index < -0.39 is 0 Å². The lowest BCUT2D eigenvalue weighted by molar-refractivity contribution is -0.134. The van der Waals surface area contributed by atoms with Gasteiger partial charge in [0.25, 0.3) is 0 Å². The number of carbonyl (C=O) groups excluding carboxylic acids is 2. The molecule has 0 aliphatic heterocycles. The van der Waals surface area contributed by atoms with Gasteiger partial charge in [0.15, 0.2) is 0 Å². The number of amides is 2. The van der Waals surface area contributed by atoms with Gasteiger partial charge in [-0.1, -0.05) is 51.1 Å². The van der Waals surface area contributed by atoms with Crippen molar-refractivity contribution in [1.82, 2.24) is 10.2 Å². The molecule has 0 bridgehead atoms. The molecule has 0 spiro atoms. The zero-order valence-corrected chi connectivity index (χ0v) is 13.6. The van der Waals surface area contributed by atoms with Crippen molar-refractivity contribution in [2.24, 2.45) is 5.41 Å². The molecule has 1 rings (SSSR count). The number of rotatable bonds is 5. The van der Waals surface area contributed by atoms with E-state index in [1.165, 1.54) is 0 Å². The van der Waals surface area contributed by atoms with Crippen LogP contribution in [-0.2, 0) is 16.0 Å². The van der Waals surface area contributed by atoms with Crippen LogP contribution in [0.1, 0.15) is 33.3 Å². The van der Waals surface area contributed by atoms with E-state index >= 15 is 0 Å². The van der Waals surface area contributed by atoms with Gasteiger partial charge in [0, 0.05) is 13.1 Å². The van der Waals surface area contributed by atoms with E-state index in [2.05, 4.69) is 26.1 Å². The second-order valence-electron chi connectivity index (χ2n) is 6.49. The van der Waals surface area contributed by atoms with Crippen molar-refractivity contribution in [3.8, 4) is 0 Å². The van der Waals surface area contributed by atoms with Crippen LogP contribution < -0.4 is 5.32 Å². The molecule has 1 N–H and O–H groups in total. The van der Waals surface area contributed by atoms with Crippen LogP contribution in [-0.4, -0.2) is 36.3 Å². The fourth-order valence-electron chi connectivity index (χ4n) is 1.94. The summed E-state index contributed by atoms with van der Waals surface area (Å²) in [6.07, 6.45) is 0.298. The predicted molar refractivity (Wildman–Crippen MR) is 84.8 cm³/mol. The minimum Gasteiger partial charge on any atom is -0.347 e. The lowest BCUT2D eigenvalue weighted by Crippen LogP contribution is -2.47. The third kappa shape index (κ3) is 5.58. The van der Waals surface area contributed by atoms with E-state index in [4.69, 9.17) is 0 Å². The van der Waals surface area contributed by atoms with Gasteiger partial charge in [-0.05, 0) is 17.9 Å². The summed E-state index contributed by atoms with van der Waals surface area (Å²) in [5, 5.41) is 2.69. The van der Waals surface area contributed by atoms with Gasteiger partial charge in [-0.25, -0.2) is 0 Å². The highest BCUT2D eigenvalue weighted by molar-refractivity contribution is 5.85. The molecular weight excluding hydrogens is 264 g/mol. The third-order valence-electron chi connectivity index (χ3n) is 3.87. The molecule has 1 aromatic rings. The van der Waals surface area contributed by atoms with Crippen LogP contribution in [0.3, 0.4) is 0 Å². The first-order valence-electron chi connectivity index (χ1n) is 7.28. The van der Waals surface area contributed by atoms with Gasteiger partial charge < -0.3 is 10.2 Å². The Kier molecular flexibility index (Phi) is 5.94. The highest BCUT2D eigenvalue weighted by Crippen LogP contribution is 2.22. The highest BCUT2D eigenvalue weighted by atomic mass is 16.2. The molecule has 0 unspecified atom stereocenters. The normalized spacial score (nSPS) is 12.6. The van der Waals surface area contributed by atoms with E-state index in [0.29, 0.717) is 6.42 Å². The quantitative estimate of drug-likeness (QED) is 0.904. The lowest BCUT2D eigenvalue weighted by atomic mass is 9.87. The van der Waals surface area contributed by atoms with Crippen molar-refractivity contribution in [1.29, 1.82) is 0 Å². The van der Waals surface area contributed by atoms with Crippen LogP contribution in [0.4, 0.5) is 0 Å². The fourth-order valence-corrected chi connectivity index (χ4v) is 1.94. The van der Waals surface area contributed by atoms with Crippen molar-refractivity contribution in [2.45, 2.75) is 40.2 Å². The molecule has 1 atom stereocenters. The second-order valence-corrected chi connectivity index (χ2v) is 6.49. The number of benzene rings is 1. The zero-order chi connectivity index (χ0) is 16.0. The third-order valence-corrected chi connectivity index (χ3v) is 3.87. The number of nitrogens with zero attached hydrogens (tertiary/aromatic N) is 1. The van der Waals surface area contributed by atoms with Crippen LogP contribution in [0.25, 0.3) is 0 Å². The molecule has 0 heterocycles. The summed E-state index contributed by atoms with van der Waals surface area (Å²) in [4.78, 5) is 25.6. The summed E-state index contributed by atoms with van der Waals surface area (Å²) in [5.41, 5.74) is 0.956. The van der Waals surface area contributed by atoms with Gasteiger partial charge in [-0.2, -0.15) is 0 Å². The summed E-state index contributed by atoms with van der Waals surface area (Å²) >= 11 is 0. The standard InChI is InChI=1S/C17H26N2O2/c1-13(17(2,3)4)19(5)16(21)12-18-15(20)11-14-9-7-6-8-10-14/h6-10,13H,11-12H2,1-5H3,(H,18,20)/t13-/m0/s1. The minimum absolute atomic E-state index is 0.0124. The molecule has 0 saturated heterocycles. The van der Waals surface area contributed by atoms with E-state index in [9.17, 15) is 9.59 Å². The molecule has 0 aromatic heterocycles. The van der Waals surface area contributed by atoms with Crippen molar-refractivity contribution < 1.29 is 9.59 Å². The smallest absolute Gasteiger partial charge is 0.241 e. The molecule has 21 heavy (non-hydrogen) atoms. The van der Waals surface area contributed by atoms with Gasteiger partial charge in [-0.3, -0.25) is 9.59 Å². The van der Waals surface area contributed by atoms with Gasteiger partial charge in [0.1, 0.15) is 0 Å². The number of carbonyl (C=O) groups is 2. The van der Waals surface area contributed by atoms with Crippen LogP contribution in [0.15, 0.2) is 30.3 Å². The summed E-state index contributed by atoms with van der Waals surface area (Å²) in [5.74, 6) is -0.204. The second kappa shape index (κ2) is 7.25. The Bertz CT molecular complexity index is 477. The van der Waals surface area contributed by atoms with Crippen LogP contribution >= 0.6 is 0 Å². The number of nitrogens with one attached hydrogen (secondary N) is 1. The van der Waals surface area contributed by atoms with Crippen LogP contribution in [0.2, 0.25) is 0 Å². The van der Waals surface area contributed by atoms with Crippen molar-refractivity contribution in [2.75, 3.05) is 13.6 Å². The molecule has 0 saturated carbocycles. The average Bonchev–Trinajstić information content (AvgIpc) is 2.43. The predicted octanol–water partition coefficient (Wildman–Crippen LogP) is 2.24. The number of hydrogen-bond donors (Lipinski definition) is 1. The van der Waals surface area contributed by atoms with Crippen molar-refractivity contribution in [3.63, 3.8) is 0 Å². The zero-order valence-electron chi connectivity index (χ0n) is 13.6. The van der Waals surface area contributed by atoms with Crippen LogP contribution in [0, 0.1) is 5.41 Å². The van der Waals surface area contributed by atoms with Gasteiger partial charge in [-0.15, -0.1) is 0 Å². The first-order valence-corrected chi connectivity index (χ1v) is 7.28. The fraction of sp³-hybridized carbons (Fsp3) is 0.529. The van der Waals surface area contributed by atoms with E-state index in [1.54, 1.807) is 11.9 Å². The summed E-state index contributed by atoms with van der Waals surface area (Å²) in [6, 6.07) is 9.60. The molecule has 2 amide bonds. The Hall–Kier alpha value is -1.84. The molecule has 116 valence electrons. The van der Waals surface area contributed by atoms with E-state index in [0.717, 1.165) is 5.56 Å². The summed E-state index contributed by atoms with van der Waals surface area (Å²) in [6.45, 7) is 8.34. The maximum Gasteiger partial charge on any atom is 0.241 e. The molecule has 4 nitrogen and oxygen atoms in total. The highest BCUT2D eigenvalue weighted by Gasteiger charge is 2.26. The topological polar surface area (TPSA) is 49.4 Å². The van der Waals surface area contributed by atoms with Gasteiger partial charge in [0.2, 0.25) is 11.8 Å². The Morgan fingerprint density at radius 1 is 1.19 bits per heavy atom.